The van der Waals surface area contributed by atoms with Gasteiger partial charge < -0.3 is 30.7 Å². The fourth-order valence-electron chi connectivity index (χ4n) is 5.34. The molecule has 4 aromatic rings. The third kappa shape index (κ3) is 13.4. The van der Waals surface area contributed by atoms with Gasteiger partial charge in [-0.25, -0.2) is 4.79 Å². The normalized spacial score (nSPS) is 12.0. The molecule has 11 nitrogen and oxygen atoms in total. The molecule has 4 amide bonds. The van der Waals surface area contributed by atoms with Gasteiger partial charge in [-0.05, 0) is 25.7 Å². The van der Waals surface area contributed by atoms with Gasteiger partial charge in [0, 0.05) is 88.0 Å². The Morgan fingerprint density at radius 2 is 0.780 bits per heavy atom. The van der Waals surface area contributed by atoms with Crippen LogP contribution in [-0.4, -0.2) is 70.5 Å². The van der Waals surface area contributed by atoms with E-state index in [1.807, 2.05) is 131 Å². The van der Waals surface area contributed by atoms with E-state index in [0.717, 1.165) is 11.1 Å². The minimum atomic E-state index is -0.437. The van der Waals surface area contributed by atoms with Crippen molar-refractivity contribution in [3.63, 3.8) is 0 Å². The first-order valence-electron chi connectivity index (χ1n) is 17.4. The second-order valence-electron chi connectivity index (χ2n) is 11.7. The highest BCUT2D eigenvalue weighted by atomic mass is 16.5. The highest BCUT2D eigenvalue weighted by molar-refractivity contribution is 5.82. The fourth-order valence-corrected chi connectivity index (χ4v) is 5.34. The van der Waals surface area contributed by atoms with Gasteiger partial charge in [-0.1, -0.05) is 72.8 Å². The van der Waals surface area contributed by atoms with Crippen molar-refractivity contribution in [2.24, 2.45) is 0 Å². The van der Waals surface area contributed by atoms with Crippen molar-refractivity contribution < 1.29 is 33.0 Å². The largest absolute Gasteiger partial charge is 0.381 e. The summed E-state index contributed by atoms with van der Waals surface area (Å²) in [5, 5.41) is 11.7. The van der Waals surface area contributed by atoms with Crippen molar-refractivity contribution >= 4 is 17.8 Å². The molecule has 11 heteroatoms. The van der Waals surface area contributed by atoms with E-state index in [1.54, 1.807) is 0 Å². The van der Waals surface area contributed by atoms with E-state index in [2.05, 4.69) is 21.3 Å². The van der Waals surface area contributed by atoms with Crippen molar-refractivity contribution in [2.45, 2.75) is 37.8 Å². The molecule has 2 unspecified atom stereocenters. The van der Waals surface area contributed by atoms with Gasteiger partial charge in [-0.15, -0.1) is 0 Å². The van der Waals surface area contributed by atoms with Crippen molar-refractivity contribution in [2.75, 3.05) is 52.6 Å². The number of urea groups is 1. The van der Waals surface area contributed by atoms with E-state index in [4.69, 9.17) is 9.47 Å². The minimum absolute atomic E-state index is 0.0638. The van der Waals surface area contributed by atoms with E-state index in [9.17, 15) is 14.4 Å². The summed E-state index contributed by atoms with van der Waals surface area (Å²) in [6.07, 6.45) is 10.3. The summed E-state index contributed by atoms with van der Waals surface area (Å²) < 4.78 is 15.2. The number of ether oxygens (including phenoxy) is 2. The Balaban J connectivity index is 0.959. The molecule has 4 N–H and O–H groups in total. The van der Waals surface area contributed by atoms with Gasteiger partial charge in [0.05, 0.1) is 0 Å². The first-order valence-corrected chi connectivity index (χ1v) is 17.4. The number of hydrogen-bond donors (Lipinski definition) is 4. The summed E-state index contributed by atoms with van der Waals surface area (Å²) in [5.41, 5.74) is 1.85. The number of hydrogen-bond acceptors (Lipinski definition) is 5. The molecule has 0 radical (unpaired) electrons. The van der Waals surface area contributed by atoms with Crippen LogP contribution in [0.2, 0.25) is 0 Å². The van der Waals surface area contributed by atoms with E-state index < -0.39 is 12.1 Å². The van der Waals surface area contributed by atoms with E-state index in [-0.39, 0.29) is 17.8 Å². The van der Waals surface area contributed by atoms with Crippen molar-refractivity contribution in [3.05, 3.63) is 133 Å². The van der Waals surface area contributed by atoms with Crippen molar-refractivity contribution in [1.82, 2.24) is 21.3 Å². The molecule has 0 aliphatic carbocycles. The average Bonchev–Trinajstić information content (AvgIpc) is 3.15. The number of nitrogens with zero attached hydrogens (tertiary/aromatic N) is 2. The summed E-state index contributed by atoms with van der Waals surface area (Å²) in [7, 11) is 0. The number of amides is 4. The SMILES string of the molecule is O=C(NCCCOCCCNC(=O)C(c1ccccc1)[n+]1ccccc1)NCCCOCCCNC(=O)C(c1ccccc1)[n+]1ccccc1. The first-order chi connectivity index (χ1) is 24.6. The summed E-state index contributed by atoms with van der Waals surface area (Å²) >= 11 is 0. The van der Waals surface area contributed by atoms with E-state index in [0.29, 0.717) is 78.3 Å². The Labute approximate surface area is 295 Å². The van der Waals surface area contributed by atoms with Crippen LogP contribution in [0, 0.1) is 0 Å². The van der Waals surface area contributed by atoms with Crippen molar-refractivity contribution in [1.29, 1.82) is 0 Å². The maximum absolute atomic E-state index is 13.0. The summed E-state index contributed by atoms with van der Waals surface area (Å²) in [6, 6.07) is 29.8. The van der Waals surface area contributed by atoms with Gasteiger partial charge in [0.2, 0.25) is 0 Å². The minimum Gasteiger partial charge on any atom is -0.381 e. The number of pyridine rings is 2. The molecule has 2 aromatic heterocycles. The Morgan fingerprint density at radius 1 is 0.460 bits per heavy atom. The molecule has 0 saturated carbocycles. The topological polar surface area (TPSA) is 126 Å². The molecule has 0 aliphatic heterocycles. The zero-order valence-corrected chi connectivity index (χ0v) is 28.6. The van der Waals surface area contributed by atoms with Gasteiger partial charge >= 0.3 is 6.03 Å². The number of nitrogens with one attached hydrogen (secondary N) is 4. The van der Waals surface area contributed by atoms with E-state index >= 15 is 0 Å². The van der Waals surface area contributed by atoms with Crippen LogP contribution in [0.3, 0.4) is 0 Å². The number of benzene rings is 2. The zero-order chi connectivity index (χ0) is 35.1. The molecule has 0 saturated heterocycles. The molecule has 0 bridgehead atoms. The molecule has 0 aliphatic rings. The highest BCUT2D eigenvalue weighted by Crippen LogP contribution is 2.13. The quantitative estimate of drug-likeness (QED) is 0.0749. The Morgan fingerprint density at radius 3 is 1.14 bits per heavy atom. The molecular weight excluding hydrogens is 632 g/mol. The predicted molar refractivity (Wildman–Crippen MR) is 190 cm³/mol. The molecule has 264 valence electrons. The van der Waals surface area contributed by atoms with Gasteiger partial charge in [0.1, 0.15) is 0 Å². The molecule has 2 heterocycles. The third-order valence-corrected chi connectivity index (χ3v) is 7.83. The Hall–Kier alpha value is -5.13. The van der Waals surface area contributed by atoms with Crippen LogP contribution in [0.1, 0.15) is 48.9 Å². The molecule has 4 rings (SSSR count). The summed E-state index contributed by atoms with van der Waals surface area (Å²) in [5.74, 6) is -0.128. The van der Waals surface area contributed by atoms with Crippen LogP contribution >= 0.6 is 0 Å². The monoisotopic (exact) mass is 682 g/mol. The Kier molecular flexibility index (Phi) is 17.0. The smallest absolute Gasteiger partial charge is 0.314 e. The van der Waals surface area contributed by atoms with Gasteiger partial charge in [-0.3, -0.25) is 9.59 Å². The van der Waals surface area contributed by atoms with Crippen LogP contribution in [-0.2, 0) is 19.1 Å². The third-order valence-electron chi connectivity index (χ3n) is 7.83. The Bertz CT molecular complexity index is 1340. The lowest BCUT2D eigenvalue weighted by atomic mass is 10.1. The number of aromatic nitrogens is 2. The standard InChI is InChI=1S/C39H48N6O5/c46-37(35(33-17-5-1-6-18-33)44-25-9-3-10-26-44)40-21-13-29-49-31-15-23-42-39(48)43-24-16-32-50-30-14-22-41-38(47)36(34-19-7-2-8-20-34)45-27-11-4-12-28-45/h1-12,17-20,25-28,35-36H,13-16,21-24,29-32H2,(H2-2,40,41,42,43,46,47,48)/p+2. The molecule has 2 aromatic carbocycles. The van der Waals surface area contributed by atoms with Crippen LogP contribution in [0.5, 0.6) is 0 Å². The maximum Gasteiger partial charge on any atom is 0.314 e. The molecule has 0 spiro atoms. The van der Waals surface area contributed by atoms with Gasteiger partial charge in [0.25, 0.3) is 23.9 Å². The number of carbonyl (C=O) groups excluding carboxylic acids is 3. The highest BCUT2D eigenvalue weighted by Gasteiger charge is 2.29. The van der Waals surface area contributed by atoms with Crippen LogP contribution in [0.4, 0.5) is 4.79 Å². The molecular formula is C39H50N6O5+2. The second kappa shape index (κ2) is 22.5. The lowest BCUT2D eigenvalue weighted by Crippen LogP contribution is -2.48. The molecule has 0 fully saturated rings. The number of rotatable bonds is 22. The first kappa shape index (κ1) is 37.7. The summed E-state index contributed by atoms with van der Waals surface area (Å²) in [6.45, 7) is 4.12. The second-order valence-corrected chi connectivity index (χ2v) is 11.7. The number of carbonyl (C=O) groups is 3. The maximum atomic E-state index is 13.0. The lowest BCUT2D eigenvalue weighted by molar-refractivity contribution is -0.700. The lowest BCUT2D eigenvalue weighted by Gasteiger charge is -2.13. The van der Waals surface area contributed by atoms with Crippen molar-refractivity contribution in [3.8, 4) is 0 Å². The van der Waals surface area contributed by atoms with Crippen LogP contribution in [0.15, 0.2) is 122 Å². The zero-order valence-electron chi connectivity index (χ0n) is 28.6. The van der Waals surface area contributed by atoms with Crippen LogP contribution < -0.4 is 30.4 Å². The predicted octanol–water partition coefficient (Wildman–Crippen LogP) is 3.27. The van der Waals surface area contributed by atoms with Gasteiger partial charge in [-0.2, -0.15) is 9.13 Å². The fraction of sp³-hybridized carbons (Fsp3) is 0.359. The van der Waals surface area contributed by atoms with E-state index in [1.165, 1.54) is 0 Å². The molecule has 50 heavy (non-hydrogen) atoms. The van der Waals surface area contributed by atoms with Gasteiger partial charge in [0.15, 0.2) is 24.8 Å². The summed E-state index contributed by atoms with van der Waals surface area (Å²) in [4.78, 5) is 38.1. The molecule has 2 atom stereocenters. The van der Waals surface area contributed by atoms with Crippen LogP contribution in [0.25, 0.3) is 0 Å². The average molecular weight is 683 g/mol.